The van der Waals surface area contributed by atoms with E-state index in [0.717, 1.165) is 22.1 Å². The smallest absolute Gasteiger partial charge is 0.123 e. The quantitative estimate of drug-likeness (QED) is 0.573. The molecule has 0 heterocycles. The molecule has 2 rings (SSSR count). The van der Waals surface area contributed by atoms with E-state index in [1.54, 1.807) is 7.11 Å². The zero-order valence-corrected chi connectivity index (χ0v) is 15.1. The van der Waals surface area contributed by atoms with Gasteiger partial charge in [0.1, 0.15) is 5.75 Å². The minimum atomic E-state index is 0.395. The predicted molar refractivity (Wildman–Crippen MR) is 88.2 cm³/mol. The molecular formula is C16H22Br2O. The highest BCUT2D eigenvalue weighted by molar-refractivity contribution is 9.10. The molecule has 1 aromatic rings. The van der Waals surface area contributed by atoms with E-state index in [1.807, 2.05) is 0 Å². The van der Waals surface area contributed by atoms with Crippen molar-refractivity contribution in [1.29, 1.82) is 0 Å². The van der Waals surface area contributed by atoms with Gasteiger partial charge in [-0.15, -0.1) is 0 Å². The van der Waals surface area contributed by atoms with Gasteiger partial charge in [0.15, 0.2) is 0 Å². The average molecular weight is 390 g/mol. The van der Waals surface area contributed by atoms with Gasteiger partial charge in [0, 0.05) is 14.9 Å². The van der Waals surface area contributed by atoms with Crippen molar-refractivity contribution in [1.82, 2.24) is 0 Å². The molecule has 0 saturated heterocycles. The van der Waals surface area contributed by atoms with Crippen molar-refractivity contribution in [3.63, 3.8) is 0 Å². The van der Waals surface area contributed by atoms with E-state index in [4.69, 9.17) is 4.74 Å². The Morgan fingerprint density at radius 1 is 1.21 bits per heavy atom. The second kappa shape index (κ2) is 6.62. The molecule has 106 valence electrons. The van der Waals surface area contributed by atoms with Crippen LogP contribution in [0.4, 0.5) is 0 Å². The summed E-state index contributed by atoms with van der Waals surface area (Å²) in [5, 5.41) is 0. The maximum atomic E-state index is 5.56. The van der Waals surface area contributed by atoms with E-state index < -0.39 is 0 Å². The largest absolute Gasteiger partial charge is 0.496 e. The number of halogens is 2. The molecule has 19 heavy (non-hydrogen) atoms. The standard InChI is InChI=1S/C16H22Br2O/c1-10-4-6-12(7-5-10)16(18)13-9-14(17)11(2)8-15(13)19-3/h8-10,12,16H,4-7H2,1-3H3. The van der Waals surface area contributed by atoms with Crippen molar-refractivity contribution in [3.05, 3.63) is 27.7 Å². The summed E-state index contributed by atoms with van der Waals surface area (Å²) in [5.41, 5.74) is 2.50. The Hall–Kier alpha value is -0.0200. The van der Waals surface area contributed by atoms with Gasteiger partial charge in [-0.3, -0.25) is 0 Å². The highest BCUT2D eigenvalue weighted by Gasteiger charge is 2.27. The van der Waals surface area contributed by atoms with Crippen LogP contribution in [0.3, 0.4) is 0 Å². The molecule has 1 nitrogen and oxygen atoms in total. The Morgan fingerprint density at radius 2 is 1.84 bits per heavy atom. The van der Waals surface area contributed by atoms with Gasteiger partial charge in [0.05, 0.1) is 7.11 Å². The van der Waals surface area contributed by atoms with Crippen molar-refractivity contribution in [2.75, 3.05) is 7.11 Å². The molecular weight excluding hydrogens is 368 g/mol. The van der Waals surface area contributed by atoms with Gasteiger partial charge in [-0.2, -0.15) is 0 Å². The number of alkyl halides is 1. The summed E-state index contributed by atoms with van der Waals surface area (Å²) in [6.07, 6.45) is 5.32. The summed E-state index contributed by atoms with van der Waals surface area (Å²) in [6, 6.07) is 4.34. The minimum absolute atomic E-state index is 0.395. The van der Waals surface area contributed by atoms with Crippen LogP contribution in [0.15, 0.2) is 16.6 Å². The molecule has 3 heteroatoms. The minimum Gasteiger partial charge on any atom is -0.496 e. The molecule has 1 fully saturated rings. The van der Waals surface area contributed by atoms with Gasteiger partial charge in [-0.1, -0.05) is 51.6 Å². The van der Waals surface area contributed by atoms with Crippen molar-refractivity contribution in [2.24, 2.45) is 11.8 Å². The first-order chi connectivity index (χ1) is 9.02. The molecule has 0 bridgehead atoms. The zero-order valence-electron chi connectivity index (χ0n) is 11.9. The van der Waals surface area contributed by atoms with E-state index >= 15 is 0 Å². The first-order valence-corrected chi connectivity index (χ1v) is 8.72. The molecule has 0 aliphatic heterocycles. The van der Waals surface area contributed by atoms with Gasteiger partial charge >= 0.3 is 0 Å². The zero-order chi connectivity index (χ0) is 14.0. The highest BCUT2D eigenvalue weighted by atomic mass is 79.9. The van der Waals surface area contributed by atoms with E-state index in [0.29, 0.717) is 4.83 Å². The Kier molecular flexibility index (Phi) is 5.36. The number of hydrogen-bond acceptors (Lipinski definition) is 1. The molecule has 1 aliphatic rings. The van der Waals surface area contributed by atoms with Crippen LogP contribution >= 0.6 is 31.9 Å². The Bertz CT molecular complexity index is 437. The summed E-state index contributed by atoms with van der Waals surface area (Å²) >= 11 is 7.55. The number of aryl methyl sites for hydroxylation is 1. The van der Waals surface area contributed by atoms with Gasteiger partial charge in [-0.25, -0.2) is 0 Å². The Morgan fingerprint density at radius 3 is 2.42 bits per heavy atom. The number of ether oxygens (including phenoxy) is 1. The van der Waals surface area contributed by atoms with Crippen LogP contribution in [0.1, 0.15) is 48.6 Å². The number of rotatable bonds is 3. The van der Waals surface area contributed by atoms with Crippen LogP contribution in [-0.2, 0) is 0 Å². The SMILES string of the molecule is COc1cc(C)c(Br)cc1C(Br)C1CCC(C)CC1. The average Bonchev–Trinajstić information content (AvgIpc) is 2.41. The fraction of sp³-hybridized carbons (Fsp3) is 0.625. The maximum absolute atomic E-state index is 5.56. The van der Waals surface area contributed by atoms with Crippen LogP contribution in [0, 0.1) is 18.8 Å². The van der Waals surface area contributed by atoms with E-state index in [2.05, 4.69) is 57.8 Å². The fourth-order valence-corrected chi connectivity index (χ4v) is 4.14. The first-order valence-electron chi connectivity index (χ1n) is 7.01. The molecule has 0 amide bonds. The van der Waals surface area contributed by atoms with Crippen molar-refractivity contribution >= 4 is 31.9 Å². The van der Waals surface area contributed by atoms with Crippen LogP contribution < -0.4 is 4.74 Å². The van der Waals surface area contributed by atoms with E-state index in [1.165, 1.54) is 36.8 Å². The van der Waals surface area contributed by atoms with Gasteiger partial charge < -0.3 is 4.74 Å². The van der Waals surface area contributed by atoms with E-state index in [-0.39, 0.29) is 0 Å². The second-order valence-electron chi connectivity index (χ2n) is 5.77. The number of benzene rings is 1. The Balaban J connectivity index is 2.22. The molecule has 0 spiro atoms. The monoisotopic (exact) mass is 388 g/mol. The predicted octanol–water partition coefficient (Wildman–Crippen LogP) is 6.03. The third kappa shape index (κ3) is 3.55. The third-order valence-corrected chi connectivity index (χ3v) is 6.38. The van der Waals surface area contributed by atoms with Crippen molar-refractivity contribution in [2.45, 2.75) is 44.4 Å². The van der Waals surface area contributed by atoms with Crippen LogP contribution in [-0.4, -0.2) is 7.11 Å². The maximum Gasteiger partial charge on any atom is 0.123 e. The van der Waals surface area contributed by atoms with Gasteiger partial charge in [-0.05, 0) is 49.3 Å². The lowest BCUT2D eigenvalue weighted by Crippen LogP contribution is -2.16. The normalized spacial score (nSPS) is 25.1. The molecule has 0 aromatic heterocycles. The van der Waals surface area contributed by atoms with Gasteiger partial charge in [0.2, 0.25) is 0 Å². The lowest BCUT2D eigenvalue weighted by Gasteiger charge is -2.30. The first kappa shape index (κ1) is 15.4. The summed E-state index contributed by atoms with van der Waals surface area (Å²) in [5.74, 6) is 2.61. The van der Waals surface area contributed by atoms with Crippen LogP contribution in [0.5, 0.6) is 5.75 Å². The second-order valence-corrected chi connectivity index (χ2v) is 7.61. The van der Waals surface area contributed by atoms with Crippen molar-refractivity contribution in [3.8, 4) is 5.75 Å². The highest BCUT2D eigenvalue weighted by Crippen LogP contribution is 2.45. The third-order valence-electron chi connectivity index (χ3n) is 4.28. The summed E-state index contributed by atoms with van der Waals surface area (Å²) in [4.78, 5) is 0.395. The summed E-state index contributed by atoms with van der Waals surface area (Å²) in [6.45, 7) is 4.46. The molecule has 1 saturated carbocycles. The molecule has 1 unspecified atom stereocenters. The molecule has 1 atom stereocenters. The lowest BCUT2D eigenvalue weighted by atomic mass is 9.80. The lowest BCUT2D eigenvalue weighted by molar-refractivity contribution is 0.285. The summed E-state index contributed by atoms with van der Waals surface area (Å²) in [7, 11) is 1.76. The topological polar surface area (TPSA) is 9.23 Å². The Labute approximate surface area is 133 Å². The van der Waals surface area contributed by atoms with Gasteiger partial charge in [0.25, 0.3) is 0 Å². The number of hydrogen-bond donors (Lipinski definition) is 0. The van der Waals surface area contributed by atoms with Crippen LogP contribution in [0.2, 0.25) is 0 Å². The molecule has 0 N–H and O–H groups in total. The van der Waals surface area contributed by atoms with Crippen molar-refractivity contribution < 1.29 is 4.74 Å². The number of methoxy groups -OCH3 is 1. The van der Waals surface area contributed by atoms with Crippen LogP contribution in [0.25, 0.3) is 0 Å². The molecule has 0 radical (unpaired) electrons. The summed E-state index contributed by atoms with van der Waals surface area (Å²) < 4.78 is 6.73. The van der Waals surface area contributed by atoms with E-state index in [9.17, 15) is 0 Å². The molecule has 1 aliphatic carbocycles. The molecule has 1 aromatic carbocycles. The fourth-order valence-electron chi connectivity index (χ4n) is 2.90.